The Balaban J connectivity index is 1.41. The Morgan fingerprint density at radius 1 is 1.03 bits per heavy atom. The normalized spacial score (nSPS) is 13.1. The summed E-state index contributed by atoms with van der Waals surface area (Å²) in [5.41, 5.74) is 0.781. The first kappa shape index (κ1) is 22.1. The fraction of sp³-hybridized carbons (Fsp3) is 0.348. The number of esters is 1. The Hall–Kier alpha value is -3.55. The molecule has 3 rings (SSSR count). The van der Waals surface area contributed by atoms with Crippen LogP contribution in [-0.4, -0.2) is 50.7 Å². The van der Waals surface area contributed by atoms with Gasteiger partial charge in [-0.15, -0.1) is 0 Å². The van der Waals surface area contributed by atoms with Crippen LogP contribution in [0.5, 0.6) is 11.5 Å². The van der Waals surface area contributed by atoms with E-state index < -0.39 is 18.5 Å². The molecule has 0 radical (unpaired) electrons. The molecule has 0 aliphatic carbocycles. The number of carbonyl (C=O) groups excluding carboxylic acids is 3. The van der Waals surface area contributed by atoms with Gasteiger partial charge < -0.3 is 24.4 Å². The van der Waals surface area contributed by atoms with Crippen LogP contribution < -0.4 is 19.7 Å². The minimum atomic E-state index is -0.643. The zero-order valence-electron chi connectivity index (χ0n) is 17.5. The van der Waals surface area contributed by atoms with E-state index in [1.165, 1.54) is 0 Å². The third-order valence-electron chi connectivity index (χ3n) is 4.65. The van der Waals surface area contributed by atoms with Crippen molar-refractivity contribution in [3.63, 3.8) is 0 Å². The predicted molar refractivity (Wildman–Crippen MR) is 114 cm³/mol. The van der Waals surface area contributed by atoms with E-state index in [9.17, 15) is 14.4 Å². The molecule has 0 aromatic heterocycles. The van der Waals surface area contributed by atoms with Gasteiger partial charge in [-0.05, 0) is 49.7 Å². The minimum absolute atomic E-state index is 0.0227. The van der Waals surface area contributed by atoms with E-state index in [2.05, 4.69) is 5.32 Å². The molecule has 0 bridgehead atoms. The highest BCUT2D eigenvalue weighted by molar-refractivity contribution is 6.03. The van der Waals surface area contributed by atoms with Crippen LogP contribution in [0.25, 0.3) is 0 Å². The van der Waals surface area contributed by atoms with Gasteiger partial charge in [-0.1, -0.05) is 12.1 Å². The molecule has 1 saturated heterocycles. The molecule has 8 heteroatoms. The number of carbonyl (C=O) groups is 3. The standard InChI is InChI=1S/C23H26N2O6/c1-2-29-17-9-11-18(12-10-17)30-15-13-24-21(26)16-31-23(28)19-6-3-4-7-20(19)25-14-5-8-22(25)27/h3-4,6-7,9-12H,2,5,8,13-16H2,1H3,(H,24,26). The molecule has 2 aromatic carbocycles. The average Bonchev–Trinajstić information content (AvgIpc) is 3.22. The first-order chi connectivity index (χ1) is 15.1. The largest absolute Gasteiger partial charge is 0.494 e. The van der Waals surface area contributed by atoms with Crippen LogP contribution in [0.15, 0.2) is 48.5 Å². The molecular weight excluding hydrogens is 400 g/mol. The molecule has 0 unspecified atom stereocenters. The lowest BCUT2D eigenvalue weighted by atomic mass is 10.1. The molecule has 1 aliphatic rings. The van der Waals surface area contributed by atoms with Gasteiger partial charge in [0.1, 0.15) is 18.1 Å². The molecule has 0 spiro atoms. The van der Waals surface area contributed by atoms with Gasteiger partial charge in [0.25, 0.3) is 5.91 Å². The van der Waals surface area contributed by atoms with Gasteiger partial charge in [0.2, 0.25) is 5.91 Å². The Morgan fingerprint density at radius 2 is 1.74 bits per heavy atom. The summed E-state index contributed by atoms with van der Waals surface area (Å²) >= 11 is 0. The lowest BCUT2D eigenvalue weighted by molar-refractivity contribution is -0.124. The number of benzene rings is 2. The van der Waals surface area contributed by atoms with Crippen molar-refractivity contribution in [3.05, 3.63) is 54.1 Å². The van der Waals surface area contributed by atoms with Crippen LogP contribution in [-0.2, 0) is 14.3 Å². The first-order valence-corrected chi connectivity index (χ1v) is 10.3. The minimum Gasteiger partial charge on any atom is -0.494 e. The molecule has 2 amide bonds. The third kappa shape index (κ3) is 6.21. The van der Waals surface area contributed by atoms with E-state index in [4.69, 9.17) is 14.2 Å². The van der Waals surface area contributed by atoms with Gasteiger partial charge >= 0.3 is 5.97 Å². The van der Waals surface area contributed by atoms with Crippen molar-refractivity contribution in [2.45, 2.75) is 19.8 Å². The van der Waals surface area contributed by atoms with Gasteiger partial charge in [0.15, 0.2) is 6.61 Å². The van der Waals surface area contributed by atoms with E-state index in [0.29, 0.717) is 31.0 Å². The van der Waals surface area contributed by atoms with Crippen molar-refractivity contribution >= 4 is 23.5 Å². The lowest BCUT2D eigenvalue weighted by Crippen LogP contribution is -2.32. The number of para-hydroxylation sites is 1. The summed E-state index contributed by atoms with van der Waals surface area (Å²) < 4.78 is 16.0. The van der Waals surface area contributed by atoms with Crippen molar-refractivity contribution in [2.75, 3.05) is 37.8 Å². The second kappa shape index (κ2) is 11.0. The number of nitrogens with zero attached hydrogens (tertiary/aromatic N) is 1. The van der Waals surface area contributed by atoms with Crippen molar-refractivity contribution in [3.8, 4) is 11.5 Å². The van der Waals surface area contributed by atoms with Gasteiger partial charge in [0, 0.05) is 13.0 Å². The van der Waals surface area contributed by atoms with Crippen LogP contribution in [0.3, 0.4) is 0 Å². The quantitative estimate of drug-likeness (QED) is 0.464. The highest BCUT2D eigenvalue weighted by Gasteiger charge is 2.26. The maximum absolute atomic E-state index is 12.4. The molecule has 2 aromatic rings. The topological polar surface area (TPSA) is 94.2 Å². The number of hydrogen-bond acceptors (Lipinski definition) is 6. The second-order valence-corrected chi connectivity index (χ2v) is 6.85. The van der Waals surface area contributed by atoms with E-state index in [-0.39, 0.29) is 24.6 Å². The number of anilines is 1. The molecule has 8 nitrogen and oxygen atoms in total. The number of ether oxygens (including phenoxy) is 3. The summed E-state index contributed by atoms with van der Waals surface area (Å²) in [5.74, 6) is 0.331. The average molecular weight is 426 g/mol. The van der Waals surface area contributed by atoms with Crippen molar-refractivity contribution < 1.29 is 28.6 Å². The summed E-state index contributed by atoms with van der Waals surface area (Å²) in [5, 5.41) is 2.64. The number of hydrogen-bond donors (Lipinski definition) is 1. The molecule has 1 heterocycles. The summed E-state index contributed by atoms with van der Waals surface area (Å²) in [6, 6.07) is 13.9. The van der Waals surface area contributed by atoms with E-state index in [1.54, 1.807) is 41.3 Å². The molecule has 0 saturated carbocycles. The summed E-state index contributed by atoms with van der Waals surface area (Å²) in [6.07, 6.45) is 1.22. The smallest absolute Gasteiger partial charge is 0.340 e. The molecule has 1 fully saturated rings. The van der Waals surface area contributed by atoms with Gasteiger partial charge in [-0.25, -0.2) is 4.79 Å². The van der Waals surface area contributed by atoms with Gasteiger partial charge in [-0.3, -0.25) is 9.59 Å². The highest BCUT2D eigenvalue weighted by atomic mass is 16.5. The van der Waals surface area contributed by atoms with Crippen LogP contribution >= 0.6 is 0 Å². The summed E-state index contributed by atoms with van der Waals surface area (Å²) in [6.45, 7) is 3.20. The fourth-order valence-electron chi connectivity index (χ4n) is 3.20. The molecule has 0 atom stereocenters. The Labute approximate surface area is 181 Å². The second-order valence-electron chi connectivity index (χ2n) is 6.85. The zero-order valence-corrected chi connectivity index (χ0v) is 17.5. The van der Waals surface area contributed by atoms with Crippen LogP contribution in [0, 0.1) is 0 Å². The van der Waals surface area contributed by atoms with Crippen LogP contribution in [0.2, 0.25) is 0 Å². The SMILES string of the molecule is CCOc1ccc(OCCNC(=O)COC(=O)c2ccccc2N2CCCC2=O)cc1. The van der Waals surface area contributed by atoms with Crippen molar-refractivity contribution in [1.29, 1.82) is 0 Å². The maximum atomic E-state index is 12.4. The Bertz CT molecular complexity index is 913. The van der Waals surface area contributed by atoms with Gasteiger partial charge in [-0.2, -0.15) is 0 Å². The number of rotatable bonds is 10. The monoisotopic (exact) mass is 426 g/mol. The summed E-state index contributed by atoms with van der Waals surface area (Å²) in [7, 11) is 0. The highest BCUT2D eigenvalue weighted by Crippen LogP contribution is 2.26. The van der Waals surface area contributed by atoms with E-state index in [1.807, 2.05) is 19.1 Å². The summed E-state index contributed by atoms with van der Waals surface area (Å²) in [4.78, 5) is 38.0. The van der Waals surface area contributed by atoms with Crippen LogP contribution in [0.1, 0.15) is 30.1 Å². The molecular formula is C23H26N2O6. The number of nitrogens with one attached hydrogen (secondary N) is 1. The molecule has 1 N–H and O–H groups in total. The number of amides is 2. The fourth-order valence-corrected chi connectivity index (χ4v) is 3.20. The zero-order chi connectivity index (χ0) is 22.1. The van der Waals surface area contributed by atoms with Crippen LogP contribution in [0.4, 0.5) is 5.69 Å². The van der Waals surface area contributed by atoms with E-state index in [0.717, 1.165) is 12.2 Å². The molecule has 164 valence electrons. The Kier molecular flexibility index (Phi) is 7.86. The Morgan fingerprint density at radius 3 is 2.42 bits per heavy atom. The first-order valence-electron chi connectivity index (χ1n) is 10.3. The van der Waals surface area contributed by atoms with Gasteiger partial charge in [0.05, 0.1) is 24.4 Å². The van der Waals surface area contributed by atoms with E-state index >= 15 is 0 Å². The third-order valence-corrected chi connectivity index (χ3v) is 4.65. The van der Waals surface area contributed by atoms with Crippen molar-refractivity contribution in [1.82, 2.24) is 5.32 Å². The van der Waals surface area contributed by atoms with Crippen molar-refractivity contribution in [2.24, 2.45) is 0 Å². The maximum Gasteiger partial charge on any atom is 0.340 e. The lowest BCUT2D eigenvalue weighted by Gasteiger charge is -2.18. The molecule has 1 aliphatic heterocycles. The predicted octanol–water partition coefficient (Wildman–Crippen LogP) is 2.56. The molecule has 31 heavy (non-hydrogen) atoms.